The van der Waals surface area contributed by atoms with E-state index in [0.717, 1.165) is 12.1 Å². The first-order valence-corrected chi connectivity index (χ1v) is 10.4. The van der Waals surface area contributed by atoms with Gasteiger partial charge in [-0.15, -0.1) is 13.3 Å². The minimum absolute atomic E-state index is 0.0401. The zero-order valence-electron chi connectivity index (χ0n) is 18.9. The summed E-state index contributed by atoms with van der Waals surface area (Å²) in [6.07, 6.45) is 0. The maximum atomic E-state index is 14.6. The van der Waals surface area contributed by atoms with Gasteiger partial charge in [0, 0.05) is 6.07 Å². The summed E-state index contributed by atoms with van der Waals surface area (Å²) < 4.78 is 123. The third-order valence-electron chi connectivity index (χ3n) is 5.08. The number of amides is 1. The molecule has 1 N–H and O–H groups in total. The number of halogens is 8. The van der Waals surface area contributed by atoms with E-state index in [-0.39, 0.29) is 16.4 Å². The Kier molecular flexibility index (Phi) is 7.19. The molecule has 0 saturated carbocycles. The second-order valence-electron chi connectivity index (χ2n) is 7.57. The van der Waals surface area contributed by atoms with E-state index in [1.54, 1.807) is 30.3 Å². The zero-order chi connectivity index (χ0) is 27.7. The van der Waals surface area contributed by atoms with E-state index < -0.39 is 75.5 Å². The fraction of sp³-hybridized carbons (Fsp3) is 0.0400. The maximum absolute atomic E-state index is 14.6. The lowest BCUT2D eigenvalue weighted by molar-refractivity contribution is -0.730. The van der Waals surface area contributed by atoms with Crippen LogP contribution in [0.4, 0.5) is 40.8 Å². The molecule has 0 radical (unpaired) electrons. The summed E-state index contributed by atoms with van der Waals surface area (Å²) in [4.78, 5) is 12.4. The van der Waals surface area contributed by atoms with Gasteiger partial charge in [0.2, 0.25) is 17.3 Å². The van der Waals surface area contributed by atoms with Crippen LogP contribution in [0.1, 0.15) is 10.4 Å². The van der Waals surface area contributed by atoms with E-state index in [2.05, 4.69) is 4.74 Å². The van der Waals surface area contributed by atoms with Crippen LogP contribution in [-0.4, -0.2) is 5.91 Å². The molecular weight excluding hydrogens is 528 g/mol. The minimum atomic E-state index is -2.25. The van der Waals surface area contributed by atoms with E-state index in [4.69, 9.17) is 4.74 Å². The predicted octanol–water partition coefficient (Wildman–Crippen LogP) is 6.46. The minimum Gasteiger partial charge on any atom is -0.457 e. The first kappa shape index (κ1) is 26.4. The molecule has 1 heterocycles. The number of para-hydroxylation sites is 1. The van der Waals surface area contributed by atoms with E-state index in [1.807, 2.05) is 5.32 Å². The van der Waals surface area contributed by atoms with E-state index in [9.17, 15) is 39.9 Å². The van der Waals surface area contributed by atoms with Crippen molar-refractivity contribution >= 4 is 11.6 Å². The summed E-state index contributed by atoms with van der Waals surface area (Å²) in [5, 5.41) is 1.92. The van der Waals surface area contributed by atoms with Crippen molar-refractivity contribution in [3.05, 3.63) is 107 Å². The van der Waals surface area contributed by atoms with Crippen LogP contribution in [0, 0.1) is 46.8 Å². The molecule has 0 aliphatic heterocycles. The number of aromatic nitrogens is 1. The number of anilines is 1. The molecule has 38 heavy (non-hydrogen) atoms. The van der Waals surface area contributed by atoms with E-state index >= 15 is 0 Å². The molecule has 3 aromatic carbocycles. The Morgan fingerprint density at radius 1 is 0.684 bits per heavy atom. The number of hydrogen-bond acceptors (Lipinski definition) is 3. The van der Waals surface area contributed by atoms with Gasteiger partial charge in [-0.1, -0.05) is 18.2 Å². The van der Waals surface area contributed by atoms with Gasteiger partial charge in [0.15, 0.2) is 11.6 Å². The third-order valence-corrected chi connectivity index (χ3v) is 5.08. The van der Waals surface area contributed by atoms with E-state index in [1.165, 1.54) is 6.07 Å². The van der Waals surface area contributed by atoms with Crippen molar-refractivity contribution in [2.24, 2.45) is 7.05 Å². The van der Waals surface area contributed by atoms with Gasteiger partial charge in [0.05, 0.1) is 11.3 Å². The topological polar surface area (TPSA) is 51.4 Å². The molecule has 0 aliphatic rings. The number of nitrogens with one attached hydrogen (secondary N) is 1. The van der Waals surface area contributed by atoms with Crippen LogP contribution in [0.15, 0.2) is 54.6 Å². The second-order valence-corrected chi connectivity index (χ2v) is 7.57. The number of ether oxygens (including phenoxy) is 2. The van der Waals surface area contributed by atoms with Gasteiger partial charge in [-0.05, 0) is 30.3 Å². The Morgan fingerprint density at radius 3 is 1.92 bits per heavy atom. The maximum Gasteiger partial charge on any atom is 0.402 e. The lowest BCUT2D eigenvalue weighted by Crippen LogP contribution is -2.40. The van der Waals surface area contributed by atoms with Crippen molar-refractivity contribution in [1.29, 1.82) is 0 Å². The highest BCUT2D eigenvalue weighted by Gasteiger charge is 2.34. The van der Waals surface area contributed by atoms with Crippen LogP contribution >= 0.6 is 0 Å². The molecule has 0 unspecified atom stereocenters. The summed E-state index contributed by atoms with van der Waals surface area (Å²) in [7, 11) is 0.613. The number of carbonyl (C=O) groups is 1. The second kappa shape index (κ2) is 10.4. The van der Waals surface area contributed by atoms with Crippen molar-refractivity contribution in [2.45, 2.75) is 0 Å². The highest BCUT2D eigenvalue weighted by molar-refractivity contribution is 6.04. The van der Waals surface area contributed by atoms with Crippen molar-refractivity contribution < 1.29 is 54.0 Å². The quantitative estimate of drug-likeness (QED) is 0.132. The molecular formula is C25H13F8N2O3+. The van der Waals surface area contributed by atoms with Gasteiger partial charge in [-0.3, -0.25) is 4.79 Å². The molecule has 1 amide bonds. The zero-order valence-corrected chi connectivity index (χ0v) is 18.9. The van der Waals surface area contributed by atoms with Crippen molar-refractivity contribution in [2.75, 3.05) is 5.32 Å². The summed E-state index contributed by atoms with van der Waals surface area (Å²) in [6, 6.07) is 11.5. The summed E-state index contributed by atoms with van der Waals surface area (Å²) >= 11 is 0. The van der Waals surface area contributed by atoms with Crippen LogP contribution in [0.2, 0.25) is 0 Å². The molecule has 0 fully saturated rings. The number of hydrogen-bond donors (Lipinski definition) is 1. The fourth-order valence-electron chi connectivity index (χ4n) is 3.17. The summed E-state index contributed by atoms with van der Waals surface area (Å²) in [5.41, 5.74) is -1.79. The number of carbonyl (C=O) groups excluding carboxylic acids is 1. The van der Waals surface area contributed by atoms with Crippen LogP contribution < -0.4 is 19.4 Å². The lowest BCUT2D eigenvalue weighted by Gasteiger charge is -2.13. The fourth-order valence-corrected chi connectivity index (χ4v) is 3.17. The molecule has 4 aromatic rings. The average molecular weight is 541 g/mol. The van der Waals surface area contributed by atoms with Crippen molar-refractivity contribution in [3.63, 3.8) is 0 Å². The first-order valence-electron chi connectivity index (χ1n) is 10.4. The number of benzene rings is 3. The molecule has 0 spiro atoms. The highest BCUT2D eigenvalue weighted by Crippen LogP contribution is 2.35. The van der Waals surface area contributed by atoms with Gasteiger partial charge in [0.25, 0.3) is 17.5 Å². The predicted molar refractivity (Wildman–Crippen MR) is 115 cm³/mol. The van der Waals surface area contributed by atoms with Crippen LogP contribution in [0.3, 0.4) is 0 Å². The van der Waals surface area contributed by atoms with E-state index in [0.29, 0.717) is 12.8 Å². The Morgan fingerprint density at radius 2 is 1.32 bits per heavy atom. The largest absolute Gasteiger partial charge is 0.457 e. The lowest BCUT2D eigenvalue weighted by atomic mass is 10.1. The molecule has 0 aliphatic carbocycles. The van der Waals surface area contributed by atoms with Gasteiger partial charge < -0.3 is 14.8 Å². The summed E-state index contributed by atoms with van der Waals surface area (Å²) in [6.45, 7) is 0. The van der Waals surface area contributed by atoms with Crippen molar-refractivity contribution in [1.82, 2.24) is 0 Å². The van der Waals surface area contributed by atoms with Crippen LogP contribution in [-0.2, 0) is 7.05 Å². The van der Waals surface area contributed by atoms with Crippen LogP contribution in [0.25, 0.3) is 0 Å². The molecule has 0 saturated heterocycles. The SMILES string of the molecule is C[n+]1c(F)c(F)c(Oc2c(F)cc(C(=O)Nc3ccc(Oc4ccccc4)cc3F)c(F)c2F)c(F)c1F. The Bertz CT molecular complexity index is 1540. The highest BCUT2D eigenvalue weighted by atomic mass is 19.2. The Hall–Kier alpha value is -4.68. The molecule has 0 bridgehead atoms. The van der Waals surface area contributed by atoms with Gasteiger partial charge in [-0.25, -0.2) is 13.2 Å². The van der Waals surface area contributed by atoms with Gasteiger partial charge in [-0.2, -0.15) is 13.2 Å². The Balaban J connectivity index is 1.59. The molecule has 1 aromatic heterocycles. The molecule has 4 rings (SSSR count). The van der Waals surface area contributed by atoms with Gasteiger partial charge >= 0.3 is 11.9 Å². The molecule has 5 nitrogen and oxygen atoms in total. The monoisotopic (exact) mass is 541 g/mol. The number of rotatable bonds is 6. The smallest absolute Gasteiger partial charge is 0.402 e. The molecule has 196 valence electrons. The van der Waals surface area contributed by atoms with Crippen LogP contribution in [0.5, 0.6) is 23.0 Å². The third kappa shape index (κ3) is 4.94. The Labute approximate surface area is 208 Å². The number of pyridine rings is 1. The number of nitrogens with zero attached hydrogens (tertiary/aromatic N) is 1. The summed E-state index contributed by atoms with van der Waals surface area (Å²) in [5.74, 6) is -20.3. The molecule has 13 heteroatoms. The normalized spacial score (nSPS) is 10.9. The standard InChI is InChI=1S/C25H12F8N2O3/c1-35-23(32)19(30)22(20(31)24(35)33)38-21-15(27)10-13(17(28)18(21)29)25(36)34-16-8-7-12(9-14(16)26)37-11-5-3-2-4-6-11/h2-10H,1H3/p+1. The van der Waals surface area contributed by atoms with Crippen molar-refractivity contribution in [3.8, 4) is 23.0 Å². The van der Waals surface area contributed by atoms with Gasteiger partial charge in [0.1, 0.15) is 24.4 Å². The molecule has 0 atom stereocenters. The first-order chi connectivity index (χ1) is 18.0. The average Bonchev–Trinajstić information content (AvgIpc) is 2.90.